The van der Waals surface area contributed by atoms with E-state index in [1.807, 2.05) is 0 Å². The molecule has 90 valence electrons. The molecule has 0 spiro atoms. The van der Waals surface area contributed by atoms with Crippen LogP contribution in [0, 0.1) is 0 Å². The van der Waals surface area contributed by atoms with Crippen molar-refractivity contribution in [3.05, 3.63) is 34.9 Å². The summed E-state index contributed by atoms with van der Waals surface area (Å²) in [4.78, 5) is 25.0. The molecule has 1 N–H and O–H groups in total. The van der Waals surface area contributed by atoms with Gasteiger partial charge >= 0.3 is 0 Å². The van der Waals surface area contributed by atoms with E-state index >= 15 is 0 Å². The Labute approximate surface area is 105 Å². The molecule has 2 rings (SSSR count). The number of hydrogen-bond donors (Lipinski definition) is 1. The van der Waals surface area contributed by atoms with Gasteiger partial charge in [-0.05, 0) is 18.6 Å². The summed E-state index contributed by atoms with van der Waals surface area (Å²) >= 11 is 5.88. The molecule has 0 bridgehead atoms. The fourth-order valence-corrected chi connectivity index (χ4v) is 1.80. The lowest BCUT2D eigenvalue weighted by Gasteiger charge is -2.30. The summed E-state index contributed by atoms with van der Waals surface area (Å²) in [5.41, 5.74) is 0.394. The Balaban J connectivity index is 1.89. The van der Waals surface area contributed by atoms with Gasteiger partial charge in [-0.1, -0.05) is 23.7 Å². The minimum atomic E-state index is -0.315. The topological polar surface area (TPSA) is 49.4 Å². The van der Waals surface area contributed by atoms with Crippen molar-refractivity contribution in [1.29, 1.82) is 0 Å². The normalized spacial score (nSPS) is 14.1. The number of amides is 2. The zero-order chi connectivity index (χ0) is 12.3. The van der Waals surface area contributed by atoms with Crippen molar-refractivity contribution in [2.75, 3.05) is 19.6 Å². The van der Waals surface area contributed by atoms with Crippen molar-refractivity contribution in [2.24, 2.45) is 0 Å². The van der Waals surface area contributed by atoms with E-state index in [-0.39, 0.29) is 18.4 Å². The van der Waals surface area contributed by atoms with Crippen molar-refractivity contribution >= 4 is 23.4 Å². The lowest BCUT2D eigenvalue weighted by Crippen LogP contribution is -2.47. The number of nitrogens with zero attached hydrogens (tertiary/aromatic N) is 1. The summed E-state index contributed by atoms with van der Waals surface area (Å²) < 4.78 is 0. The second-order valence-corrected chi connectivity index (χ2v) is 4.30. The van der Waals surface area contributed by atoms with E-state index in [0.29, 0.717) is 10.6 Å². The number of carbonyl (C=O) groups is 2. The van der Waals surface area contributed by atoms with E-state index in [9.17, 15) is 9.59 Å². The molecule has 1 aliphatic rings. The standard InChI is InChI=1S/C12H13ClN2O2/c13-10-5-2-1-4-9(10)12(17)14-8-11(16)15-6-3-7-15/h1-2,4-5H,3,6-8H2,(H,14,17). The molecule has 1 heterocycles. The van der Waals surface area contributed by atoms with Gasteiger partial charge in [0.25, 0.3) is 5.91 Å². The van der Waals surface area contributed by atoms with Gasteiger partial charge in [0, 0.05) is 13.1 Å². The summed E-state index contributed by atoms with van der Waals surface area (Å²) in [5.74, 6) is -0.360. The molecule has 5 heteroatoms. The summed E-state index contributed by atoms with van der Waals surface area (Å²) in [6, 6.07) is 6.77. The second kappa shape index (κ2) is 5.19. The van der Waals surface area contributed by atoms with Crippen LogP contribution < -0.4 is 5.32 Å². The Hall–Kier alpha value is -1.55. The Bertz CT molecular complexity index is 444. The minimum Gasteiger partial charge on any atom is -0.343 e. The fourth-order valence-electron chi connectivity index (χ4n) is 1.57. The third kappa shape index (κ3) is 2.77. The van der Waals surface area contributed by atoms with Gasteiger partial charge in [0.15, 0.2) is 0 Å². The van der Waals surface area contributed by atoms with E-state index in [2.05, 4.69) is 5.32 Å². The molecule has 1 fully saturated rings. The van der Waals surface area contributed by atoms with Crippen molar-refractivity contribution in [2.45, 2.75) is 6.42 Å². The highest BCUT2D eigenvalue weighted by Gasteiger charge is 2.20. The van der Waals surface area contributed by atoms with Gasteiger partial charge in [-0.25, -0.2) is 0 Å². The Morgan fingerprint density at radius 1 is 1.29 bits per heavy atom. The van der Waals surface area contributed by atoms with Crippen LogP contribution in [0.2, 0.25) is 5.02 Å². The van der Waals surface area contributed by atoms with E-state index < -0.39 is 0 Å². The molecule has 0 unspecified atom stereocenters. The number of benzene rings is 1. The van der Waals surface area contributed by atoms with Crippen LogP contribution in [0.25, 0.3) is 0 Å². The van der Waals surface area contributed by atoms with Gasteiger partial charge in [-0.15, -0.1) is 0 Å². The smallest absolute Gasteiger partial charge is 0.253 e. The highest BCUT2D eigenvalue weighted by atomic mass is 35.5. The van der Waals surface area contributed by atoms with Crippen LogP contribution in [-0.2, 0) is 4.79 Å². The number of hydrogen-bond acceptors (Lipinski definition) is 2. The first-order valence-electron chi connectivity index (χ1n) is 5.49. The van der Waals surface area contributed by atoms with Gasteiger partial charge in [-0.3, -0.25) is 9.59 Å². The van der Waals surface area contributed by atoms with E-state index in [4.69, 9.17) is 11.6 Å². The molecule has 1 saturated heterocycles. The predicted octanol–water partition coefficient (Wildman–Crippen LogP) is 1.30. The van der Waals surface area contributed by atoms with Crippen LogP contribution in [0.3, 0.4) is 0 Å². The molecule has 0 saturated carbocycles. The van der Waals surface area contributed by atoms with Gasteiger partial charge < -0.3 is 10.2 Å². The van der Waals surface area contributed by atoms with Crippen molar-refractivity contribution in [1.82, 2.24) is 10.2 Å². The predicted molar refractivity (Wildman–Crippen MR) is 65.0 cm³/mol. The first-order valence-corrected chi connectivity index (χ1v) is 5.87. The van der Waals surface area contributed by atoms with Gasteiger partial charge in [0.2, 0.25) is 5.91 Å². The zero-order valence-corrected chi connectivity index (χ0v) is 10.0. The highest BCUT2D eigenvalue weighted by Crippen LogP contribution is 2.14. The number of halogens is 1. The molecule has 0 atom stereocenters. The maximum Gasteiger partial charge on any atom is 0.253 e. The monoisotopic (exact) mass is 252 g/mol. The van der Waals surface area contributed by atoms with Gasteiger partial charge in [0.05, 0.1) is 17.1 Å². The first kappa shape index (κ1) is 11.9. The molecular weight excluding hydrogens is 240 g/mol. The molecule has 4 nitrogen and oxygen atoms in total. The molecular formula is C12H13ClN2O2. The Morgan fingerprint density at radius 2 is 2.00 bits per heavy atom. The molecule has 0 aromatic heterocycles. The second-order valence-electron chi connectivity index (χ2n) is 3.90. The number of nitrogens with one attached hydrogen (secondary N) is 1. The lowest BCUT2D eigenvalue weighted by atomic mass is 10.2. The summed E-state index contributed by atoms with van der Waals surface area (Å²) in [5, 5.41) is 2.96. The maximum atomic E-state index is 11.7. The van der Waals surface area contributed by atoms with Crippen LogP contribution in [0.4, 0.5) is 0 Å². The fraction of sp³-hybridized carbons (Fsp3) is 0.333. The summed E-state index contributed by atoms with van der Waals surface area (Å²) in [6.07, 6.45) is 1.05. The van der Waals surface area contributed by atoms with Gasteiger partial charge in [0.1, 0.15) is 0 Å². The number of rotatable bonds is 3. The minimum absolute atomic E-state index is 0.0318. The summed E-state index contributed by atoms with van der Waals surface area (Å²) in [6.45, 7) is 1.62. The van der Waals surface area contributed by atoms with Crippen LogP contribution in [0.1, 0.15) is 16.8 Å². The highest BCUT2D eigenvalue weighted by molar-refractivity contribution is 6.33. The lowest BCUT2D eigenvalue weighted by molar-refractivity contribution is -0.133. The molecule has 2 amide bonds. The van der Waals surface area contributed by atoms with Crippen LogP contribution >= 0.6 is 11.6 Å². The molecule has 1 aromatic carbocycles. The third-order valence-corrected chi connectivity index (χ3v) is 3.06. The molecule has 0 radical (unpaired) electrons. The van der Waals surface area contributed by atoms with Crippen LogP contribution in [0.15, 0.2) is 24.3 Å². The molecule has 1 aliphatic heterocycles. The van der Waals surface area contributed by atoms with Crippen molar-refractivity contribution in [3.8, 4) is 0 Å². The Kier molecular flexibility index (Phi) is 3.64. The van der Waals surface area contributed by atoms with Crippen LogP contribution in [0.5, 0.6) is 0 Å². The molecule has 17 heavy (non-hydrogen) atoms. The van der Waals surface area contributed by atoms with Crippen LogP contribution in [-0.4, -0.2) is 36.3 Å². The van der Waals surface area contributed by atoms with Crippen molar-refractivity contribution in [3.63, 3.8) is 0 Å². The average molecular weight is 253 g/mol. The van der Waals surface area contributed by atoms with E-state index in [1.165, 1.54) is 0 Å². The van der Waals surface area contributed by atoms with E-state index in [1.54, 1.807) is 29.2 Å². The summed E-state index contributed by atoms with van der Waals surface area (Å²) in [7, 11) is 0. The Morgan fingerprint density at radius 3 is 2.59 bits per heavy atom. The number of carbonyl (C=O) groups excluding carboxylic acids is 2. The molecule has 1 aromatic rings. The maximum absolute atomic E-state index is 11.7. The third-order valence-electron chi connectivity index (χ3n) is 2.73. The van der Waals surface area contributed by atoms with E-state index in [0.717, 1.165) is 19.5 Å². The zero-order valence-electron chi connectivity index (χ0n) is 9.28. The SMILES string of the molecule is O=C(NCC(=O)N1CCC1)c1ccccc1Cl. The van der Waals surface area contributed by atoms with Crippen molar-refractivity contribution < 1.29 is 9.59 Å². The van der Waals surface area contributed by atoms with Gasteiger partial charge in [-0.2, -0.15) is 0 Å². The first-order chi connectivity index (χ1) is 8.18. The average Bonchev–Trinajstić information content (AvgIpc) is 2.24. The molecule has 0 aliphatic carbocycles. The quantitative estimate of drug-likeness (QED) is 0.882. The largest absolute Gasteiger partial charge is 0.343 e. The number of likely N-dealkylation sites (tertiary alicyclic amines) is 1.